The molecule has 0 saturated carbocycles. The third-order valence-electron chi connectivity index (χ3n) is 9.01. The van der Waals surface area contributed by atoms with Crippen molar-refractivity contribution < 1.29 is 19.2 Å². The summed E-state index contributed by atoms with van der Waals surface area (Å²) >= 11 is 1.74. The Morgan fingerprint density at radius 1 is 0.952 bits per heavy atom. The van der Waals surface area contributed by atoms with Crippen LogP contribution in [-0.2, 0) is 19.2 Å². The SMILES string of the molecule is CC(=C[C@H](C(C)C)N(C)C(=O)[C@@H](NC(=O)[C@H]1CCCCN1C(C)C)C(C)(C)C)C(=O)N1CCC[C@H]1C(=O)N1CCSC1. The van der Waals surface area contributed by atoms with E-state index in [1.54, 1.807) is 35.5 Å². The van der Waals surface area contributed by atoms with E-state index in [0.717, 1.165) is 44.5 Å². The fourth-order valence-electron chi connectivity index (χ4n) is 6.46. The molecule has 4 atom stereocenters. The molecule has 3 heterocycles. The zero-order valence-electron chi connectivity index (χ0n) is 27.4. The summed E-state index contributed by atoms with van der Waals surface area (Å²) in [6.07, 6.45) is 6.25. The van der Waals surface area contributed by atoms with Gasteiger partial charge in [0, 0.05) is 37.5 Å². The molecule has 3 saturated heterocycles. The van der Waals surface area contributed by atoms with Gasteiger partial charge in [-0.2, -0.15) is 0 Å². The number of rotatable bonds is 9. The molecule has 3 aliphatic heterocycles. The maximum Gasteiger partial charge on any atom is 0.249 e. The van der Waals surface area contributed by atoms with Crippen LogP contribution in [0, 0.1) is 11.3 Å². The summed E-state index contributed by atoms with van der Waals surface area (Å²) in [6, 6.07) is -1.46. The number of amides is 4. The smallest absolute Gasteiger partial charge is 0.249 e. The predicted molar refractivity (Wildman–Crippen MR) is 170 cm³/mol. The average molecular weight is 606 g/mol. The Kier molecular flexibility index (Phi) is 12.0. The normalized spacial score (nSPS) is 23.8. The molecule has 3 fully saturated rings. The first-order chi connectivity index (χ1) is 19.6. The van der Waals surface area contributed by atoms with Gasteiger partial charge in [0.05, 0.1) is 18.0 Å². The number of hydrogen-bond donors (Lipinski definition) is 1. The summed E-state index contributed by atoms with van der Waals surface area (Å²) in [5.41, 5.74) is 0.0285. The number of likely N-dealkylation sites (N-methyl/N-ethyl adjacent to an activating group) is 1. The predicted octanol–water partition coefficient (Wildman–Crippen LogP) is 3.73. The molecule has 9 nitrogen and oxygen atoms in total. The van der Waals surface area contributed by atoms with Crippen LogP contribution >= 0.6 is 11.8 Å². The molecule has 10 heteroatoms. The number of nitrogens with zero attached hydrogens (tertiary/aromatic N) is 4. The molecule has 0 aromatic carbocycles. The van der Waals surface area contributed by atoms with Crippen molar-refractivity contribution in [3.05, 3.63) is 11.6 Å². The molecule has 0 spiro atoms. The van der Waals surface area contributed by atoms with Crippen molar-refractivity contribution in [3.8, 4) is 0 Å². The molecular formula is C32H55N5O4S. The fourth-order valence-corrected chi connectivity index (χ4v) is 7.42. The maximum absolute atomic E-state index is 14.1. The van der Waals surface area contributed by atoms with E-state index in [4.69, 9.17) is 0 Å². The topological polar surface area (TPSA) is 93.3 Å². The Hall–Kier alpha value is -2.07. The number of likely N-dealkylation sites (tertiary alicyclic amines) is 2. The van der Waals surface area contributed by atoms with Gasteiger partial charge in [-0.25, -0.2) is 0 Å². The first-order valence-corrected chi connectivity index (χ1v) is 17.0. The molecule has 0 radical (unpaired) electrons. The van der Waals surface area contributed by atoms with Crippen molar-refractivity contribution in [2.75, 3.05) is 38.3 Å². The second-order valence-electron chi connectivity index (χ2n) is 14.0. The number of thioether (sulfide) groups is 1. The maximum atomic E-state index is 14.1. The number of carbonyl (C=O) groups excluding carboxylic acids is 4. The van der Waals surface area contributed by atoms with Crippen molar-refractivity contribution in [2.45, 2.75) is 118 Å². The Morgan fingerprint density at radius 3 is 2.19 bits per heavy atom. The largest absolute Gasteiger partial charge is 0.342 e. The molecular weight excluding hydrogens is 550 g/mol. The molecule has 3 aliphatic rings. The third-order valence-corrected chi connectivity index (χ3v) is 9.97. The highest BCUT2D eigenvalue weighted by Gasteiger charge is 2.41. The van der Waals surface area contributed by atoms with Gasteiger partial charge in [0.25, 0.3) is 0 Å². The highest BCUT2D eigenvalue weighted by Crippen LogP contribution is 2.28. The molecule has 3 rings (SSSR count). The van der Waals surface area contributed by atoms with Gasteiger partial charge in [0.1, 0.15) is 12.1 Å². The zero-order valence-corrected chi connectivity index (χ0v) is 28.3. The van der Waals surface area contributed by atoms with E-state index in [1.165, 1.54) is 0 Å². The molecule has 0 bridgehead atoms. The highest BCUT2D eigenvalue weighted by atomic mass is 32.2. The molecule has 1 N–H and O–H groups in total. The van der Waals surface area contributed by atoms with E-state index in [2.05, 4.69) is 24.1 Å². The quantitative estimate of drug-likeness (QED) is 0.403. The van der Waals surface area contributed by atoms with Crippen molar-refractivity contribution in [3.63, 3.8) is 0 Å². The van der Waals surface area contributed by atoms with Gasteiger partial charge in [-0.1, -0.05) is 47.1 Å². The van der Waals surface area contributed by atoms with E-state index in [1.807, 2.05) is 45.6 Å². The monoisotopic (exact) mass is 605 g/mol. The van der Waals surface area contributed by atoms with Crippen molar-refractivity contribution >= 4 is 35.4 Å². The summed E-state index contributed by atoms with van der Waals surface area (Å²) in [5, 5.41) is 3.14. The zero-order chi connectivity index (χ0) is 31.4. The summed E-state index contributed by atoms with van der Waals surface area (Å²) in [4.78, 5) is 62.0. The Balaban J connectivity index is 1.78. The molecule has 42 heavy (non-hydrogen) atoms. The Bertz CT molecular complexity index is 1020. The minimum atomic E-state index is -0.712. The lowest BCUT2D eigenvalue weighted by Gasteiger charge is -2.41. The van der Waals surface area contributed by atoms with Gasteiger partial charge in [0.2, 0.25) is 23.6 Å². The second-order valence-corrected chi connectivity index (χ2v) is 15.1. The van der Waals surface area contributed by atoms with Gasteiger partial charge in [0.15, 0.2) is 0 Å². The van der Waals surface area contributed by atoms with Gasteiger partial charge < -0.3 is 20.0 Å². The van der Waals surface area contributed by atoms with Crippen LogP contribution in [-0.4, -0.2) is 112 Å². The lowest BCUT2D eigenvalue weighted by atomic mass is 9.84. The van der Waals surface area contributed by atoms with Crippen LogP contribution in [0.25, 0.3) is 0 Å². The van der Waals surface area contributed by atoms with E-state index in [0.29, 0.717) is 24.4 Å². The van der Waals surface area contributed by atoms with Crippen molar-refractivity contribution in [1.82, 2.24) is 24.9 Å². The minimum Gasteiger partial charge on any atom is -0.342 e. The molecule has 0 unspecified atom stereocenters. The van der Waals surface area contributed by atoms with Crippen LogP contribution in [0.4, 0.5) is 0 Å². The number of carbonyl (C=O) groups is 4. The van der Waals surface area contributed by atoms with Crippen LogP contribution in [0.3, 0.4) is 0 Å². The molecule has 0 aliphatic carbocycles. The lowest BCUT2D eigenvalue weighted by Crippen LogP contribution is -2.60. The molecule has 0 aromatic heterocycles. The first kappa shape index (κ1) is 34.4. The van der Waals surface area contributed by atoms with Gasteiger partial charge in [-0.05, 0) is 64.3 Å². The summed E-state index contributed by atoms with van der Waals surface area (Å²) in [7, 11) is 1.76. The van der Waals surface area contributed by atoms with Crippen LogP contribution in [0.15, 0.2) is 11.6 Å². The van der Waals surface area contributed by atoms with Crippen molar-refractivity contribution in [2.24, 2.45) is 11.3 Å². The Labute approximate surface area is 258 Å². The lowest BCUT2D eigenvalue weighted by molar-refractivity contribution is -0.142. The standard InChI is InChI=1S/C32H55N5O4S/c1-21(2)26(19-23(5)29(39)37-16-12-14-25(37)30(40)35-17-18-42-20-35)34(9)31(41)27(32(6,7)8)33-28(38)24-13-10-11-15-36(24)22(3)4/h19,21-22,24-27H,10-18,20H2,1-9H3,(H,33,38)/t24-,25+,26-,27-/m1/s1. The van der Waals surface area contributed by atoms with Crippen LogP contribution in [0.1, 0.15) is 87.5 Å². The number of piperidine rings is 1. The van der Waals surface area contributed by atoms with Crippen LogP contribution in [0.2, 0.25) is 0 Å². The van der Waals surface area contributed by atoms with E-state index < -0.39 is 17.5 Å². The Morgan fingerprint density at radius 2 is 1.62 bits per heavy atom. The van der Waals surface area contributed by atoms with E-state index in [-0.39, 0.29) is 47.7 Å². The second kappa shape index (κ2) is 14.6. The summed E-state index contributed by atoms with van der Waals surface area (Å²) in [6.45, 7) is 18.2. The van der Waals surface area contributed by atoms with E-state index in [9.17, 15) is 19.2 Å². The molecule has 238 valence electrons. The minimum absolute atomic E-state index is 0.0328. The number of nitrogens with one attached hydrogen (secondary N) is 1. The van der Waals surface area contributed by atoms with Gasteiger partial charge in [-0.3, -0.25) is 24.1 Å². The summed E-state index contributed by atoms with van der Waals surface area (Å²) < 4.78 is 0. The third kappa shape index (κ3) is 8.10. The van der Waals surface area contributed by atoms with Gasteiger partial charge in [-0.15, -0.1) is 11.8 Å². The molecule has 0 aromatic rings. The number of hydrogen-bond acceptors (Lipinski definition) is 6. The van der Waals surface area contributed by atoms with Gasteiger partial charge >= 0.3 is 0 Å². The van der Waals surface area contributed by atoms with Crippen molar-refractivity contribution in [1.29, 1.82) is 0 Å². The van der Waals surface area contributed by atoms with E-state index >= 15 is 0 Å². The highest BCUT2D eigenvalue weighted by molar-refractivity contribution is 7.99. The van der Waals surface area contributed by atoms with Crippen LogP contribution < -0.4 is 5.32 Å². The first-order valence-electron chi connectivity index (χ1n) is 15.8. The summed E-state index contributed by atoms with van der Waals surface area (Å²) in [5.74, 6) is 1.31. The van der Waals surface area contributed by atoms with Crippen LogP contribution in [0.5, 0.6) is 0 Å². The average Bonchev–Trinajstić information content (AvgIpc) is 3.65. The molecule has 4 amide bonds. The fraction of sp³-hybridized carbons (Fsp3) is 0.812.